The van der Waals surface area contributed by atoms with Gasteiger partial charge in [0.15, 0.2) is 0 Å². The van der Waals surface area contributed by atoms with Crippen LogP contribution in [-0.2, 0) is 21.0 Å². The molecule has 1 unspecified atom stereocenters. The first-order valence-corrected chi connectivity index (χ1v) is 12.3. The molecule has 0 spiro atoms. The van der Waals surface area contributed by atoms with Crippen molar-refractivity contribution in [2.24, 2.45) is 0 Å². The summed E-state index contributed by atoms with van der Waals surface area (Å²) in [5, 5.41) is 2.98. The fourth-order valence-electron chi connectivity index (χ4n) is 4.07. The van der Waals surface area contributed by atoms with Crippen LogP contribution in [0.4, 0.5) is 19.0 Å². The SMILES string of the molecule is CCCCS(=O)(=O)N1CCCC1C(=O)NC1CCN(c2ccc(C(F)(F)F)cn2)CC1. The molecular formula is C20H29F3N4O3S. The summed E-state index contributed by atoms with van der Waals surface area (Å²) in [5.41, 5.74) is -0.784. The molecule has 1 aromatic heterocycles. The number of nitrogens with one attached hydrogen (secondary N) is 1. The van der Waals surface area contributed by atoms with E-state index in [1.54, 1.807) is 0 Å². The molecule has 2 saturated heterocycles. The minimum atomic E-state index is -4.42. The summed E-state index contributed by atoms with van der Waals surface area (Å²) in [6.45, 7) is 3.40. The molecule has 174 valence electrons. The quantitative estimate of drug-likeness (QED) is 0.674. The number of carbonyl (C=O) groups excluding carboxylic acids is 1. The standard InChI is InChI=1S/C20H29F3N4O3S/c1-2-3-13-31(29,30)27-10-4-5-17(27)19(28)25-16-8-11-26(12-9-16)18-7-6-15(14-24-18)20(21,22)23/h6-7,14,16-17H,2-5,8-13H2,1H3,(H,25,28). The maximum atomic E-state index is 12.8. The van der Waals surface area contributed by atoms with Crippen molar-refractivity contribution in [1.29, 1.82) is 0 Å². The van der Waals surface area contributed by atoms with Gasteiger partial charge < -0.3 is 10.2 Å². The number of amides is 1. The lowest BCUT2D eigenvalue weighted by Crippen LogP contribution is -2.51. The molecular weight excluding hydrogens is 433 g/mol. The first kappa shape index (κ1) is 23.8. The highest BCUT2D eigenvalue weighted by Gasteiger charge is 2.39. The Morgan fingerprint density at radius 3 is 2.48 bits per heavy atom. The van der Waals surface area contributed by atoms with E-state index < -0.39 is 27.8 Å². The third kappa shape index (κ3) is 5.88. The van der Waals surface area contributed by atoms with Gasteiger partial charge in [0, 0.05) is 31.9 Å². The van der Waals surface area contributed by atoms with E-state index in [0.717, 1.165) is 18.7 Å². The van der Waals surface area contributed by atoms with Gasteiger partial charge in [-0.15, -0.1) is 0 Å². The van der Waals surface area contributed by atoms with E-state index in [4.69, 9.17) is 0 Å². The number of halogens is 3. The Morgan fingerprint density at radius 1 is 1.19 bits per heavy atom. The summed E-state index contributed by atoms with van der Waals surface area (Å²) < 4.78 is 64.5. The monoisotopic (exact) mass is 462 g/mol. The number of carbonyl (C=O) groups is 1. The van der Waals surface area contributed by atoms with E-state index in [0.29, 0.717) is 57.6 Å². The van der Waals surface area contributed by atoms with Gasteiger partial charge in [-0.05, 0) is 44.2 Å². The molecule has 2 fully saturated rings. The van der Waals surface area contributed by atoms with Crippen molar-refractivity contribution in [3.8, 4) is 0 Å². The number of nitrogens with zero attached hydrogens (tertiary/aromatic N) is 3. The van der Waals surface area contributed by atoms with Crippen molar-refractivity contribution >= 4 is 21.7 Å². The van der Waals surface area contributed by atoms with E-state index in [1.807, 2.05) is 11.8 Å². The second-order valence-electron chi connectivity index (χ2n) is 8.11. The Balaban J connectivity index is 1.53. The van der Waals surface area contributed by atoms with Crippen LogP contribution in [0.2, 0.25) is 0 Å². The molecule has 0 bridgehead atoms. The van der Waals surface area contributed by atoms with E-state index in [9.17, 15) is 26.4 Å². The summed E-state index contributed by atoms with van der Waals surface area (Å²) >= 11 is 0. The topological polar surface area (TPSA) is 82.6 Å². The summed E-state index contributed by atoms with van der Waals surface area (Å²) in [5.74, 6) is 0.275. The highest BCUT2D eigenvalue weighted by molar-refractivity contribution is 7.89. The predicted molar refractivity (Wildman–Crippen MR) is 111 cm³/mol. The average Bonchev–Trinajstić information content (AvgIpc) is 3.24. The highest BCUT2D eigenvalue weighted by atomic mass is 32.2. The van der Waals surface area contributed by atoms with E-state index in [-0.39, 0.29) is 17.7 Å². The van der Waals surface area contributed by atoms with Gasteiger partial charge in [0.2, 0.25) is 15.9 Å². The molecule has 2 aliphatic heterocycles. The number of alkyl halides is 3. The number of hydrogen-bond donors (Lipinski definition) is 1. The van der Waals surface area contributed by atoms with Crippen molar-refractivity contribution in [3.05, 3.63) is 23.9 Å². The van der Waals surface area contributed by atoms with Crippen LogP contribution >= 0.6 is 0 Å². The molecule has 7 nitrogen and oxygen atoms in total. The Kier molecular flexibility index (Phi) is 7.46. The van der Waals surface area contributed by atoms with Gasteiger partial charge in [-0.25, -0.2) is 13.4 Å². The minimum absolute atomic E-state index is 0.0613. The second kappa shape index (κ2) is 9.72. The van der Waals surface area contributed by atoms with Crippen molar-refractivity contribution in [2.45, 2.75) is 63.7 Å². The number of unbranched alkanes of at least 4 members (excludes halogenated alkanes) is 1. The van der Waals surface area contributed by atoms with Gasteiger partial charge >= 0.3 is 6.18 Å². The molecule has 0 radical (unpaired) electrons. The van der Waals surface area contributed by atoms with E-state index >= 15 is 0 Å². The maximum absolute atomic E-state index is 12.8. The van der Waals surface area contributed by atoms with Crippen LogP contribution in [0.1, 0.15) is 51.0 Å². The first-order chi connectivity index (χ1) is 14.6. The van der Waals surface area contributed by atoms with Gasteiger partial charge in [0.25, 0.3) is 0 Å². The number of sulfonamides is 1. The molecule has 1 N–H and O–H groups in total. The fraction of sp³-hybridized carbons (Fsp3) is 0.700. The Hall–Kier alpha value is -1.88. The van der Waals surface area contributed by atoms with Gasteiger partial charge in [-0.2, -0.15) is 17.5 Å². The van der Waals surface area contributed by atoms with Gasteiger partial charge in [-0.3, -0.25) is 4.79 Å². The molecule has 2 aliphatic rings. The fourth-order valence-corrected chi connectivity index (χ4v) is 5.95. The molecule has 0 aromatic carbocycles. The van der Waals surface area contributed by atoms with Crippen molar-refractivity contribution in [1.82, 2.24) is 14.6 Å². The molecule has 0 aliphatic carbocycles. The largest absolute Gasteiger partial charge is 0.417 e. The zero-order valence-electron chi connectivity index (χ0n) is 17.6. The number of anilines is 1. The van der Waals surface area contributed by atoms with Crippen LogP contribution in [-0.4, -0.2) is 61.1 Å². The van der Waals surface area contributed by atoms with Crippen molar-refractivity contribution < 1.29 is 26.4 Å². The van der Waals surface area contributed by atoms with Crippen LogP contribution in [0, 0.1) is 0 Å². The number of pyridine rings is 1. The first-order valence-electron chi connectivity index (χ1n) is 10.7. The molecule has 3 heterocycles. The highest BCUT2D eigenvalue weighted by Crippen LogP contribution is 2.30. The third-order valence-corrected chi connectivity index (χ3v) is 7.82. The summed E-state index contributed by atoms with van der Waals surface area (Å²) in [6.07, 6.45) is 0.179. The zero-order valence-corrected chi connectivity index (χ0v) is 18.4. The van der Waals surface area contributed by atoms with Crippen LogP contribution in [0.25, 0.3) is 0 Å². The van der Waals surface area contributed by atoms with E-state index in [1.165, 1.54) is 10.4 Å². The Labute approximate surface area is 181 Å². The molecule has 1 aromatic rings. The molecule has 31 heavy (non-hydrogen) atoms. The van der Waals surface area contributed by atoms with Gasteiger partial charge in [0.1, 0.15) is 11.9 Å². The summed E-state index contributed by atoms with van der Waals surface area (Å²) in [6, 6.07) is 1.62. The predicted octanol–water partition coefficient (Wildman–Crippen LogP) is 2.78. The maximum Gasteiger partial charge on any atom is 0.417 e. The molecule has 11 heteroatoms. The minimum Gasteiger partial charge on any atom is -0.356 e. The van der Waals surface area contributed by atoms with Gasteiger partial charge in [0.05, 0.1) is 11.3 Å². The molecule has 3 rings (SSSR count). The van der Waals surface area contributed by atoms with Crippen molar-refractivity contribution in [3.63, 3.8) is 0 Å². The van der Waals surface area contributed by atoms with Gasteiger partial charge in [-0.1, -0.05) is 13.3 Å². The molecule has 0 saturated carbocycles. The van der Waals surface area contributed by atoms with Crippen LogP contribution in [0.5, 0.6) is 0 Å². The zero-order chi connectivity index (χ0) is 22.6. The second-order valence-corrected chi connectivity index (χ2v) is 10.2. The number of piperidine rings is 1. The van der Waals surface area contributed by atoms with E-state index in [2.05, 4.69) is 10.3 Å². The third-order valence-electron chi connectivity index (χ3n) is 5.86. The summed E-state index contributed by atoms with van der Waals surface area (Å²) in [7, 11) is -3.44. The Bertz CT molecular complexity index is 853. The average molecular weight is 463 g/mol. The smallest absolute Gasteiger partial charge is 0.356 e. The molecule has 1 atom stereocenters. The number of rotatable bonds is 7. The van der Waals surface area contributed by atoms with Crippen LogP contribution < -0.4 is 10.2 Å². The lowest BCUT2D eigenvalue weighted by atomic mass is 10.0. The van der Waals surface area contributed by atoms with Crippen LogP contribution in [0.3, 0.4) is 0 Å². The normalized spacial score (nSPS) is 21.4. The number of aromatic nitrogens is 1. The lowest BCUT2D eigenvalue weighted by molar-refractivity contribution is -0.137. The molecule has 1 amide bonds. The Morgan fingerprint density at radius 2 is 1.90 bits per heavy atom. The lowest BCUT2D eigenvalue weighted by Gasteiger charge is -2.34. The number of hydrogen-bond acceptors (Lipinski definition) is 5. The summed E-state index contributed by atoms with van der Waals surface area (Å²) in [4.78, 5) is 18.6. The van der Waals surface area contributed by atoms with Crippen LogP contribution in [0.15, 0.2) is 18.3 Å². The van der Waals surface area contributed by atoms with Crippen molar-refractivity contribution in [2.75, 3.05) is 30.3 Å².